The molecule has 0 radical (unpaired) electrons. The first-order valence-corrected chi connectivity index (χ1v) is 7.15. The zero-order valence-corrected chi connectivity index (χ0v) is 11.0. The largest absolute Gasteiger partial charge is 0.462 e. The second kappa shape index (κ2) is 9.26. The molecule has 98 valence electrons. The number of carbonyl (C=O) groups is 1. The first-order valence-electron chi connectivity index (χ1n) is 7.15. The molecule has 17 heavy (non-hydrogen) atoms. The number of carbonyl (C=O) groups excluding carboxylic acids is 1. The number of hydrogen-bond acceptors (Lipinski definition) is 2. The molecule has 0 aromatic rings. The maximum Gasteiger partial charge on any atom is 0.333 e. The van der Waals surface area contributed by atoms with Crippen LogP contribution in [0.3, 0.4) is 0 Å². The molecule has 1 rings (SSSR count). The third-order valence-electron chi connectivity index (χ3n) is 3.39. The molecule has 0 saturated carbocycles. The van der Waals surface area contributed by atoms with Gasteiger partial charge in [-0.05, 0) is 19.3 Å². The van der Waals surface area contributed by atoms with Gasteiger partial charge in [-0.3, -0.25) is 0 Å². The number of esters is 1. The van der Waals surface area contributed by atoms with Crippen LogP contribution in [0.5, 0.6) is 0 Å². The van der Waals surface area contributed by atoms with Crippen molar-refractivity contribution in [2.24, 2.45) is 0 Å². The maximum atomic E-state index is 11.5. The Morgan fingerprint density at radius 2 is 1.24 bits per heavy atom. The first-order chi connectivity index (χ1) is 8.30. The number of rotatable bonds is 0. The van der Waals surface area contributed by atoms with Gasteiger partial charge in [0.1, 0.15) is 0 Å². The van der Waals surface area contributed by atoms with Crippen LogP contribution >= 0.6 is 0 Å². The number of cyclic esters (lactones) is 1. The summed E-state index contributed by atoms with van der Waals surface area (Å²) in [5.74, 6) is -0.181. The summed E-state index contributed by atoms with van der Waals surface area (Å²) in [5, 5.41) is 0. The summed E-state index contributed by atoms with van der Waals surface area (Å²) in [6.45, 7) is 4.38. The lowest BCUT2D eigenvalue weighted by molar-refractivity contribution is -0.139. The highest BCUT2D eigenvalue weighted by molar-refractivity contribution is 5.87. The quantitative estimate of drug-likeness (QED) is 0.462. The fraction of sp³-hybridized carbons (Fsp3) is 0.800. The van der Waals surface area contributed by atoms with Crippen molar-refractivity contribution in [3.8, 4) is 0 Å². The van der Waals surface area contributed by atoms with Gasteiger partial charge in [-0.25, -0.2) is 4.79 Å². The van der Waals surface area contributed by atoms with Gasteiger partial charge in [-0.15, -0.1) is 0 Å². The van der Waals surface area contributed by atoms with Crippen molar-refractivity contribution in [2.75, 3.05) is 6.61 Å². The minimum absolute atomic E-state index is 0.181. The molecule has 0 atom stereocenters. The minimum atomic E-state index is -0.181. The van der Waals surface area contributed by atoms with E-state index in [4.69, 9.17) is 4.74 Å². The van der Waals surface area contributed by atoms with Crippen LogP contribution in [0.4, 0.5) is 0 Å². The smallest absolute Gasteiger partial charge is 0.333 e. The van der Waals surface area contributed by atoms with E-state index in [0.29, 0.717) is 12.2 Å². The summed E-state index contributed by atoms with van der Waals surface area (Å²) in [5.41, 5.74) is 0.653. The Morgan fingerprint density at radius 1 is 0.765 bits per heavy atom. The van der Waals surface area contributed by atoms with Crippen molar-refractivity contribution in [3.05, 3.63) is 12.2 Å². The van der Waals surface area contributed by atoms with Crippen molar-refractivity contribution >= 4 is 5.97 Å². The van der Waals surface area contributed by atoms with E-state index in [0.717, 1.165) is 19.3 Å². The second-order valence-corrected chi connectivity index (χ2v) is 5.03. The van der Waals surface area contributed by atoms with Gasteiger partial charge in [0.25, 0.3) is 0 Å². The van der Waals surface area contributed by atoms with Crippen molar-refractivity contribution in [2.45, 2.75) is 70.6 Å². The Labute approximate surface area is 105 Å². The fourth-order valence-electron chi connectivity index (χ4n) is 2.22. The van der Waals surface area contributed by atoms with Gasteiger partial charge >= 0.3 is 5.97 Å². The van der Waals surface area contributed by atoms with Crippen molar-refractivity contribution in [1.82, 2.24) is 0 Å². The molecule has 2 heteroatoms. The van der Waals surface area contributed by atoms with Gasteiger partial charge in [-0.1, -0.05) is 57.9 Å². The van der Waals surface area contributed by atoms with E-state index in [2.05, 4.69) is 6.58 Å². The second-order valence-electron chi connectivity index (χ2n) is 5.03. The van der Waals surface area contributed by atoms with Gasteiger partial charge in [0.15, 0.2) is 0 Å². The average Bonchev–Trinajstić information content (AvgIpc) is 2.34. The Balaban J connectivity index is 2.26. The van der Waals surface area contributed by atoms with Gasteiger partial charge in [0, 0.05) is 5.57 Å². The topological polar surface area (TPSA) is 26.3 Å². The molecule has 0 N–H and O–H groups in total. The Hall–Kier alpha value is -0.790. The first kappa shape index (κ1) is 14.3. The third-order valence-corrected chi connectivity index (χ3v) is 3.39. The molecule has 0 spiro atoms. The van der Waals surface area contributed by atoms with E-state index in [1.807, 2.05) is 0 Å². The average molecular weight is 238 g/mol. The summed E-state index contributed by atoms with van der Waals surface area (Å²) in [7, 11) is 0. The van der Waals surface area contributed by atoms with Crippen molar-refractivity contribution in [3.63, 3.8) is 0 Å². The Bertz CT molecular complexity index is 209. The Morgan fingerprint density at radius 3 is 1.82 bits per heavy atom. The molecule has 0 bridgehead atoms. The van der Waals surface area contributed by atoms with E-state index in [9.17, 15) is 4.79 Å². The molecule has 1 aliphatic rings. The highest BCUT2D eigenvalue weighted by Crippen LogP contribution is 2.14. The van der Waals surface area contributed by atoms with Gasteiger partial charge in [-0.2, -0.15) is 0 Å². The minimum Gasteiger partial charge on any atom is -0.462 e. The summed E-state index contributed by atoms with van der Waals surface area (Å²) >= 11 is 0. The van der Waals surface area contributed by atoms with Gasteiger partial charge in [0.05, 0.1) is 6.61 Å². The molecular weight excluding hydrogens is 212 g/mol. The highest BCUT2D eigenvalue weighted by Gasteiger charge is 2.08. The highest BCUT2D eigenvalue weighted by atomic mass is 16.5. The third kappa shape index (κ3) is 7.19. The van der Waals surface area contributed by atoms with E-state index in [1.54, 1.807) is 0 Å². The number of ether oxygens (including phenoxy) is 1. The molecule has 0 unspecified atom stereocenters. The summed E-state index contributed by atoms with van der Waals surface area (Å²) in [6, 6.07) is 0. The predicted octanol–water partition coefficient (Wildman–Crippen LogP) is 4.39. The molecule has 0 aromatic carbocycles. The van der Waals surface area contributed by atoms with Crippen LogP contribution in [0.1, 0.15) is 70.6 Å². The molecule has 1 fully saturated rings. The van der Waals surface area contributed by atoms with E-state index < -0.39 is 0 Å². The molecule has 1 heterocycles. The van der Waals surface area contributed by atoms with Crippen LogP contribution < -0.4 is 0 Å². The number of hydrogen-bond donors (Lipinski definition) is 0. The maximum absolute atomic E-state index is 11.5. The van der Waals surface area contributed by atoms with Crippen LogP contribution in [0, 0.1) is 0 Å². The lowest BCUT2D eigenvalue weighted by Gasteiger charge is -2.06. The van der Waals surface area contributed by atoms with Crippen molar-refractivity contribution in [1.29, 1.82) is 0 Å². The molecule has 1 saturated heterocycles. The predicted molar refractivity (Wildman–Crippen MR) is 70.9 cm³/mol. The zero-order chi connectivity index (χ0) is 12.3. The monoisotopic (exact) mass is 238 g/mol. The summed E-state index contributed by atoms with van der Waals surface area (Å²) < 4.78 is 5.19. The van der Waals surface area contributed by atoms with E-state index in [1.165, 1.54) is 51.4 Å². The normalized spacial score (nSPS) is 22.4. The molecule has 1 aliphatic heterocycles. The van der Waals surface area contributed by atoms with E-state index >= 15 is 0 Å². The molecule has 0 aliphatic carbocycles. The SMILES string of the molecule is C=C1CCCCCCCCCCCCOC1=O. The lowest BCUT2D eigenvalue weighted by atomic mass is 10.0. The lowest BCUT2D eigenvalue weighted by Crippen LogP contribution is -2.08. The zero-order valence-electron chi connectivity index (χ0n) is 11.0. The molecular formula is C15H26O2. The molecule has 0 aromatic heterocycles. The van der Waals surface area contributed by atoms with Crippen LogP contribution in [0.2, 0.25) is 0 Å². The van der Waals surface area contributed by atoms with Crippen LogP contribution in [0.15, 0.2) is 12.2 Å². The fourth-order valence-corrected chi connectivity index (χ4v) is 2.22. The Kier molecular flexibility index (Phi) is 7.78. The van der Waals surface area contributed by atoms with Crippen LogP contribution in [-0.2, 0) is 9.53 Å². The molecule has 2 nitrogen and oxygen atoms in total. The van der Waals surface area contributed by atoms with Gasteiger partial charge in [0.2, 0.25) is 0 Å². The van der Waals surface area contributed by atoms with E-state index in [-0.39, 0.29) is 5.97 Å². The van der Waals surface area contributed by atoms with Crippen LogP contribution in [0.25, 0.3) is 0 Å². The van der Waals surface area contributed by atoms with Gasteiger partial charge < -0.3 is 4.74 Å². The van der Waals surface area contributed by atoms with Crippen molar-refractivity contribution < 1.29 is 9.53 Å². The molecule has 0 amide bonds. The summed E-state index contributed by atoms with van der Waals surface area (Å²) in [6.07, 6.45) is 13.3. The van der Waals surface area contributed by atoms with Crippen LogP contribution in [-0.4, -0.2) is 12.6 Å². The summed E-state index contributed by atoms with van der Waals surface area (Å²) in [4.78, 5) is 11.5. The standard InChI is InChI=1S/C15H26O2/c1-14-12-10-8-6-4-2-3-5-7-9-11-13-17-15(14)16/h1-13H2.